The zero-order valence-corrected chi connectivity index (χ0v) is 11.3. The second-order valence-corrected chi connectivity index (χ2v) is 4.31. The zero-order valence-electron chi connectivity index (χ0n) is 8.87. The molecule has 0 aliphatic rings. The molecule has 1 aromatic rings. The number of rotatable bonds is 4. The highest BCUT2D eigenvalue weighted by molar-refractivity contribution is 9.10. The minimum absolute atomic E-state index is 0. The third kappa shape index (κ3) is 4.78. The molecule has 0 spiro atoms. The largest absolute Gasteiger partial charge is 0.309 e. The van der Waals surface area contributed by atoms with E-state index in [9.17, 15) is 4.79 Å². The predicted molar refractivity (Wildman–Crippen MR) is 68.9 cm³/mol. The number of nitrogens with zero attached hydrogens (tertiary/aromatic N) is 1. The van der Waals surface area contributed by atoms with Crippen molar-refractivity contribution in [1.82, 2.24) is 4.90 Å². The average molecular weight is 293 g/mol. The van der Waals surface area contributed by atoms with Crippen LogP contribution in [0.5, 0.6) is 0 Å². The fourth-order valence-corrected chi connectivity index (χ4v) is 1.65. The molecule has 0 aliphatic heterocycles. The van der Waals surface area contributed by atoms with Crippen molar-refractivity contribution in [2.24, 2.45) is 0 Å². The van der Waals surface area contributed by atoms with Gasteiger partial charge < -0.3 is 4.90 Å². The highest BCUT2D eigenvalue weighted by atomic mass is 79.9. The molecule has 0 saturated carbocycles. The number of carbonyl (C=O) groups is 1. The van der Waals surface area contributed by atoms with Crippen molar-refractivity contribution in [2.45, 2.75) is 6.42 Å². The van der Waals surface area contributed by atoms with Crippen molar-refractivity contribution in [3.05, 3.63) is 34.3 Å². The van der Waals surface area contributed by atoms with Crippen molar-refractivity contribution in [3.8, 4) is 0 Å². The maximum atomic E-state index is 11.7. The molecule has 1 rings (SSSR count). The summed E-state index contributed by atoms with van der Waals surface area (Å²) in [6.45, 7) is 0.792. The molecular weight excluding hydrogens is 277 g/mol. The minimum atomic E-state index is 0. The Bertz CT molecular complexity index is 328. The van der Waals surface area contributed by atoms with Crippen molar-refractivity contribution < 1.29 is 4.79 Å². The maximum Gasteiger partial charge on any atom is 0.165 e. The Labute approximate surface area is 105 Å². The second-order valence-electron chi connectivity index (χ2n) is 3.46. The van der Waals surface area contributed by atoms with E-state index in [0.29, 0.717) is 6.42 Å². The van der Waals surface area contributed by atoms with Crippen molar-refractivity contribution >= 4 is 34.1 Å². The number of Topliss-reactive ketones (excluding diaryl/α,β-unsaturated/α-hetero) is 1. The standard InChI is InChI=1S/C11H14BrNO.ClH/c1-13(2)8-7-11(14)9-5-3-4-6-10(9)12;/h3-6H,7-8H2,1-2H3;1H. The summed E-state index contributed by atoms with van der Waals surface area (Å²) < 4.78 is 0.878. The lowest BCUT2D eigenvalue weighted by Crippen LogP contribution is -2.16. The first kappa shape index (κ1) is 14.6. The average Bonchev–Trinajstić information content (AvgIpc) is 2.15. The normalized spacial score (nSPS) is 9.87. The summed E-state index contributed by atoms with van der Waals surface area (Å²) in [7, 11) is 3.93. The molecule has 84 valence electrons. The van der Waals surface area contributed by atoms with E-state index in [2.05, 4.69) is 15.9 Å². The van der Waals surface area contributed by atoms with E-state index in [4.69, 9.17) is 0 Å². The fourth-order valence-electron chi connectivity index (χ4n) is 1.15. The van der Waals surface area contributed by atoms with Gasteiger partial charge in [0.2, 0.25) is 0 Å². The number of carbonyl (C=O) groups excluding carboxylic acids is 1. The predicted octanol–water partition coefficient (Wildman–Crippen LogP) is 3.01. The molecule has 0 bridgehead atoms. The first-order valence-electron chi connectivity index (χ1n) is 4.53. The van der Waals surface area contributed by atoms with E-state index < -0.39 is 0 Å². The maximum absolute atomic E-state index is 11.7. The fraction of sp³-hybridized carbons (Fsp3) is 0.364. The molecule has 0 aromatic heterocycles. The van der Waals surface area contributed by atoms with Crippen LogP contribution in [0.25, 0.3) is 0 Å². The summed E-state index contributed by atoms with van der Waals surface area (Å²) in [5.41, 5.74) is 0.773. The molecule has 0 atom stereocenters. The van der Waals surface area contributed by atoms with Crippen LogP contribution < -0.4 is 0 Å². The Morgan fingerprint density at radius 2 is 1.93 bits per heavy atom. The molecule has 0 aliphatic carbocycles. The van der Waals surface area contributed by atoms with E-state index in [1.54, 1.807) is 0 Å². The van der Waals surface area contributed by atoms with Crippen LogP contribution in [0.2, 0.25) is 0 Å². The molecule has 0 unspecified atom stereocenters. The second kappa shape index (κ2) is 6.99. The van der Waals surface area contributed by atoms with Gasteiger partial charge in [0, 0.05) is 23.0 Å². The SMILES string of the molecule is CN(C)CCC(=O)c1ccccc1Br.Cl. The van der Waals surface area contributed by atoms with Gasteiger partial charge in [-0.1, -0.05) is 34.1 Å². The highest BCUT2D eigenvalue weighted by Crippen LogP contribution is 2.17. The van der Waals surface area contributed by atoms with E-state index in [1.807, 2.05) is 43.3 Å². The zero-order chi connectivity index (χ0) is 10.6. The van der Waals surface area contributed by atoms with Gasteiger partial charge >= 0.3 is 0 Å². The summed E-state index contributed by atoms with van der Waals surface area (Å²) in [5, 5.41) is 0. The lowest BCUT2D eigenvalue weighted by molar-refractivity contribution is 0.0972. The van der Waals surface area contributed by atoms with Crippen LogP contribution in [-0.2, 0) is 0 Å². The molecule has 4 heteroatoms. The Balaban J connectivity index is 0.00000196. The van der Waals surface area contributed by atoms with E-state index in [-0.39, 0.29) is 18.2 Å². The Morgan fingerprint density at radius 1 is 1.33 bits per heavy atom. The molecule has 0 saturated heterocycles. The smallest absolute Gasteiger partial charge is 0.165 e. The summed E-state index contributed by atoms with van der Waals surface area (Å²) in [4.78, 5) is 13.7. The molecule has 2 nitrogen and oxygen atoms in total. The van der Waals surface area contributed by atoms with E-state index in [0.717, 1.165) is 16.6 Å². The first-order chi connectivity index (χ1) is 6.61. The molecule has 0 heterocycles. The van der Waals surface area contributed by atoms with Crippen molar-refractivity contribution in [1.29, 1.82) is 0 Å². The third-order valence-corrected chi connectivity index (χ3v) is 2.65. The van der Waals surface area contributed by atoms with Crippen molar-refractivity contribution in [2.75, 3.05) is 20.6 Å². The van der Waals surface area contributed by atoms with Gasteiger partial charge in [-0.15, -0.1) is 12.4 Å². The molecule has 0 amide bonds. The topological polar surface area (TPSA) is 20.3 Å². The minimum Gasteiger partial charge on any atom is -0.309 e. The first-order valence-corrected chi connectivity index (χ1v) is 5.33. The molecule has 0 fully saturated rings. The van der Waals surface area contributed by atoms with Crippen LogP contribution in [0.4, 0.5) is 0 Å². The summed E-state index contributed by atoms with van der Waals surface area (Å²) in [6, 6.07) is 7.53. The van der Waals surface area contributed by atoms with Gasteiger partial charge in [0.05, 0.1) is 0 Å². The lowest BCUT2D eigenvalue weighted by atomic mass is 10.1. The number of ketones is 1. The van der Waals surface area contributed by atoms with Gasteiger partial charge in [-0.2, -0.15) is 0 Å². The lowest BCUT2D eigenvalue weighted by Gasteiger charge is -2.08. The van der Waals surface area contributed by atoms with E-state index >= 15 is 0 Å². The van der Waals surface area contributed by atoms with Crippen LogP contribution in [-0.4, -0.2) is 31.3 Å². The third-order valence-electron chi connectivity index (χ3n) is 1.96. The van der Waals surface area contributed by atoms with Crippen molar-refractivity contribution in [3.63, 3.8) is 0 Å². The number of benzene rings is 1. The number of hydrogen-bond acceptors (Lipinski definition) is 2. The Morgan fingerprint density at radius 3 is 2.47 bits per heavy atom. The molecule has 0 radical (unpaired) electrons. The quantitative estimate of drug-likeness (QED) is 0.795. The summed E-state index contributed by atoms with van der Waals surface area (Å²) in [5.74, 6) is 0.186. The Kier molecular flexibility index (Phi) is 6.81. The molecule has 0 N–H and O–H groups in total. The molecule has 1 aromatic carbocycles. The number of halogens is 2. The number of hydrogen-bond donors (Lipinski definition) is 0. The van der Waals surface area contributed by atoms with Crippen LogP contribution in [0.1, 0.15) is 16.8 Å². The highest BCUT2D eigenvalue weighted by Gasteiger charge is 2.08. The molecule has 15 heavy (non-hydrogen) atoms. The van der Waals surface area contributed by atoms with Crippen LogP contribution >= 0.6 is 28.3 Å². The monoisotopic (exact) mass is 291 g/mol. The van der Waals surface area contributed by atoms with Gasteiger partial charge in [0.25, 0.3) is 0 Å². The van der Waals surface area contributed by atoms with Crippen LogP contribution in [0.15, 0.2) is 28.7 Å². The summed E-state index contributed by atoms with van der Waals surface area (Å²) >= 11 is 3.37. The van der Waals surface area contributed by atoms with Crippen LogP contribution in [0.3, 0.4) is 0 Å². The van der Waals surface area contributed by atoms with Gasteiger partial charge in [-0.05, 0) is 20.2 Å². The van der Waals surface area contributed by atoms with Gasteiger partial charge in [-0.25, -0.2) is 0 Å². The van der Waals surface area contributed by atoms with Gasteiger partial charge in [-0.3, -0.25) is 4.79 Å². The summed E-state index contributed by atoms with van der Waals surface area (Å²) in [6.07, 6.45) is 0.565. The molecular formula is C11H15BrClNO. The van der Waals surface area contributed by atoms with E-state index in [1.165, 1.54) is 0 Å². The van der Waals surface area contributed by atoms with Crippen LogP contribution in [0, 0.1) is 0 Å². The van der Waals surface area contributed by atoms with Gasteiger partial charge in [0.15, 0.2) is 5.78 Å². The Hall–Kier alpha value is -0.380. The van der Waals surface area contributed by atoms with Gasteiger partial charge in [0.1, 0.15) is 0 Å².